The van der Waals surface area contributed by atoms with Crippen LogP contribution in [0.25, 0.3) is 11.4 Å². The lowest BCUT2D eigenvalue weighted by Gasteiger charge is -2.34. The van der Waals surface area contributed by atoms with E-state index in [4.69, 9.17) is 15.7 Å². The Bertz CT molecular complexity index is 1020. The Morgan fingerprint density at radius 2 is 1.72 bits per heavy atom. The summed E-state index contributed by atoms with van der Waals surface area (Å²) in [6.45, 7) is 1.74. The third-order valence-corrected chi connectivity index (χ3v) is 5.84. The molecule has 6 heteroatoms. The summed E-state index contributed by atoms with van der Waals surface area (Å²) in [5, 5.41) is 0. The van der Waals surface area contributed by atoms with Gasteiger partial charge in [-0.25, -0.2) is 14.4 Å². The number of hydrogen-bond donors (Lipinski definition) is 1. The van der Waals surface area contributed by atoms with Gasteiger partial charge in [0.1, 0.15) is 11.6 Å². The van der Waals surface area contributed by atoms with E-state index in [1.807, 2.05) is 0 Å². The molecule has 0 saturated carbocycles. The Morgan fingerprint density at radius 3 is 2.52 bits per heavy atom. The lowest BCUT2D eigenvalue weighted by molar-refractivity contribution is 0.552. The molecule has 1 aliphatic heterocycles. The second-order valence-corrected chi connectivity index (χ2v) is 7.68. The molecule has 5 rings (SSSR count). The van der Waals surface area contributed by atoms with Crippen molar-refractivity contribution in [3.63, 3.8) is 0 Å². The lowest BCUT2D eigenvalue weighted by Crippen LogP contribution is -2.34. The van der Waals surface area contributed by atoms with Crippen molar-refractivity contribution in [2.24, 2.45) is 5.73 Å². The number of aromatic nitrogens is 2. The van der Waals surface area contributed by atoms with E-state index in [0.717, 1.165) is 61.4 Å². The van der Waals surface area contributed by atoms with Crippen LogP contribution in [-0.2, 0) is 19.4 Å². The number of halogens is 2. The molecule has 150 valence electrons. The Balaban J connectivity index is 0.00000205. The van der Waals surface area contributed by atoms with Crippen LogP contribution < -0.4 is 10.6 Å². The monoisotopic (exact) mass is 410 g/mol. The van der Waals surface area contributed by atoms with Crippen LogP contribution in [0.3, 0.4) is 0 Å². The van der Waals surface area contributed by atoms with E-state index in [0.29, 0.717) is 5.82 Å². The maximum Gasteiger partial charge on any atom is 0.161 e. The highest BCUT2D eigenvalue weighted by molar-refractivity contribution is 5.85. The summed E-state index contributed by atoms with van der Waals surface area (Å²) >= 11 is 0. The third kappa shape index (κ3) is 3.72. The summed E-state index contributed by atoms with van der Waals surface area (Å²) in [4.78, 5) is 12.1. The quantitative estimate of drug-likeness (QED) is 0.670. The number of benzene rings is 2. The number of nitrogens with zero attached hydrogens (tertiary/aromatic N) is 3. The molecule has 29 heavy (non-hydrogen) atoms. The van der Waals surface area contributed by atoms with Crippen LogP contribution in [0.1, 0.15) is 41.3 Å². The van der Waals surface area contributed by atoms with Gasteiger partial charge in [-0.2, -0.15) is 0 Å². The predicted octanol–water partition coefficient (Wildman–Crippen LogP) is 4.60. The highest BCUT2D eigenvalue weighted by Crippen LogP contribution is 2.37. The van der Waals surface area contributed by atoms with Gasteiger partial charge in [-0.3, -0.25) is 0 Å². The Hall–Kier alpha value is -2.50. The van der Waals surface area contributed by atoms with E-state index in [1.54, 1.807) is 12.1 Å². The predicted molar refractivity (Wildman–Crippen MR) is 116 cm³/mol. The van der Waals surface area contributed by atoms with Gasteiger partial charge in [0.15, 0.2) is 5.82 Å². The summed E-state index contributed by atoms with van der Waals surface area (Å²) in [7, 11) is 0. The second kappa shape index (κ2) is 8.09. The van der Waals surface area contributed by atoms with Crippen LogP contribution in [0.4, 0.5) is 10.2 Å². The SMILES string of the molecule is Cl.NC1CCCc2nc(-c3ccc(F)cc3)nc(N3CCc4ccccc4C3)c21. The normalized spacial score (nSPS) is 17.9. The summed E-state index contributed by atoms with van der Waals surface area (Å²) < 4.78 is 13.4. The van der Waals surface area contributed by atoms with E-state index in [2.05, 4.69) is 29.2 Å². The molecule has 1 aromatic heterocycles. The number of nitrogens with two attached hydrogens (primary N) is 1. The Labute approximate surface area is 176 Å². The Morgan fingerprint density at radius 1 is 0.966 bits per heavy atom. The van der Waals surface area contributed by atoms with Crippen molar-refractivity contribution in [2.75, 3.05) is 11.4 Å². The third-order valence-electron chi connectivity index (χ3n) is 5.84. The van der Waals surface area contributed by atoms with Gasteiger partial charge in [-0.15, -0.1) is 12.4 Å². The maximum atomic E-state index is 13.4. The maximum absolute atomic E-state index is 13.4. The molecule has 2 aromatic carbocycles. The first-order valence-electron chi connectivity index (χ1n) is 9.93. The second-order valence-electron chi connectivity index (χ2n) is 7.68. The van der Waals surface area contributed by atoms with Crippen molar-refractivity contribution < 1.29 is 4.39 Å². The van der Waals surface area contributed by atoms with Crippen molar-refractivity contribution >= 4 is 18.2 Å². The molecule has 4 nitrogen and oxygen atoms in total. The highest BCUT2D eigenvalue weighted by Gasteiger charge is 2.28. The molecule has 1 aliphatic carbocycles. The van der Waals surface area contributed by atoms with Gasteiger partial charge in [0, 0.05) is 30.3 Å². The minimum atomic E-state index is -0.253. The van der Waals surface area contributed by atoms with Crippen molar-refractivity contribution in [1.82, 2.24) is 9.97 Å². The van der Waals surface area contributed by atoms with Crippen LogP contribution in [-0.4, -0.2) is 16.5 Å². The van der Waals surface area contributed by atoms with Gasteiger partial charge < -0.3 is 10.6 Å². The minimum Gasteiger partial charge on any atom is -0.352 e. The van der Waals surface area contributed by atoms with Gasteiger partial charge in [-0.05, 0) is 61.1 Å². The van der Waals surface area contributed by atoms with Crippen LogP contribution in [0.15, 0.2) is 48.5 Å². The molecule has 0 spiro atoms. The first-order chi connectivity index (χ1) is 13.7. The van der Waals surface area contributed by atoms with E-state index < -0.39 is 0 Å². The van der Waals surface area contributed by atoms with Crippen LogP contribution in [0, 0.1) is 5.82 Å². The number of rotatable bonds is 2. The molecule has 0 saturated heterocycles. The Kier molecular flexibility index (Phi) is 5.52. The molecule has 0 radical (unpaired) electrons. The zero-order chi connectivity index (χ0) is 19.1. The number of fused-ring (bicyclic) bond motifs is 2. The smallest absolute Gasteiger partial charge is 0.161 e. The van der Waals surface area contributed by atoms with Gasteiger partial charge in [-0.1, -0.05) is 24.3 Å². The fourth-order valence-electron chi connectivity index (χ4n) is 4.35. The van der Waals surface area contributed by atoms with E-state index in [1.165, 1.54) is 23.3 Å². The average molecular weight is 411 g/mol. The van der Waals surface area contributed by atoms with Crippen molar-refractivity contribution in [2.45, 2.75) is 38.3 Å². The number of anilines is 1. The molecule has 1 atom stereocenters. The van der Waals surface area contributed by atoms with Gasteiger partial charge in [0.05, 0.1) is 5.69 Å². The van der Waals surface area contributed by atoms with Crippen molar-refractivity contribution in [3.8, 4) is 11.4 Å². The van der Waals surface area contributed by atoms with E-state index in [9.17, 15) is 4.39 Å². The van der Waals surface area contributed by atoms with Crippen LogP contribution in [0.5, 0.6) is 0 Å². The molecule has 2 aliphatic rings. The summed E-state index contributed by atoms with van der Waals surface area (Å²) in [6, 6.07) is 15.0. The molecule has 0 bridgehead atoms. The molecular weight excluding hydrogens is 387 g/mol. The minimum absolute atomic E-state index is 0. The molecular formula is C23H24ClFN4. The van der Waals surface area contributed by atoms with Crippen molar-refractivity contribution in [1.29, 1.82) is 0 Å². The summed E-state index contributed by atoms with van der Waals surface area (Å²) in [5.41, 5.74) is 12.2. The van der Waals surface area contributed by atoms with E-state index >= 15 is 0 Å². The number of aryl methyl sites for hydroxylation is 1. The highest BCUT2D eigenvalue weighted by atomic mass is 35.5. The fourth-order valence-corrected chi connectivity index (χ4v) is 4.35. The zero-order valence-corrected chi connectivity index (χ0v) is 17.0. The molecule has 2 heterocycles. The largest absolute Gasteiger partial charge is 0.352 e. The van der Waals surface area contributed by atoms with E-state index in [-0.39, 0.29) is 24.3 Å². The van der Waals surface area contributed by atoms with Crippen LogP contribution in [0.2, 0.25) is 0 Å². The zero-order valence-electron chi connectivity index (χ0n) is 16.1. The lowest BCUT2D eigenvalue weighted by atomic mass is 9.90. The van der Waals surface area contributed by atoms with Gasteiger partial charge in [0.25, 0.3) is 0 Å². The topological polar surface area (TPSA) is 55.0 Å². The molecule has 0 amide bonds. The van der Waals surface area contributed by atoms with Crippen molar-refractivity contribution in [3.05, 3.63) is 76.7 Å². The van der Waals surface area contributed by atoms with Gasteiger partial charge >= 0.3 is 0 Å². The molecule has 0 fully saturated rings. The average Bonchev–Trinajstić information content (AvgIpc) is 2.73. The number of hydrogen-bond acceptors (Lipinski definition) is 4. The first kappa shape index (κ1) is 19.8. The summed E-state index contributed by atoms with van der Waals surface area (Å²) in [5.74, 6) is 1.35. The standard InChI is InChI=1S/C23H23FN4.ClH/c24-18-10-8-16(9-11-18)22-26-20-7-3-6-19(25)21(20)23(27-22)28-13-12-15-4-1-2-5-17(15)14-28;/h1-2,4-5,8-11,19H,3,6-7,12-14,25H2;1H. The first-order valence-corrected chi connectivity index (χ1v) is 9.93. The molecule has 3 aromatic rings. The van der Waals surface area contributed by atoms with Crippen LogP contribution >= 0.6 is 12.4 Å². The fraction of sp³-hybridized carbons (Fsp3) is 0.304. The van der Waals surface area contributed by atoms with Gasteiger partial charge in [0.2, 0.25) is 0 Å². The summed E-state index contributed by atoms with van der Waals surface area (Å²) in [6.07, 6.45) is 3.91. The molecule has 1 unspecified atom stereocenters. The molecule has 2 N–H and O–H groups in total.